The Bertz CT molecular complexity index is 676. The van der Waals surface area contributed by atoms with Crippen LogP contribution in [0.25, 0.3) is 0 Å². The van der Waals surface area contributed by atoms with E-state index in [0.29, 0.717) is 27.7 Å². The zero-order chi connectivity index (χ0) is 16.9. The molecule has 2 nitrogen and oxygen atoms in total. The van der Waals surface area contributed by atoms with Crippen molar-refractivity contribution in [3.05, 3.63) is 68.7 Å². The zero-order valence-corrected chi connectivity index (χ0v) is 15.7. The van der Waals surface area contributed by atoms with E-state index < -0.39 is 0 Å². The van der Waals surface area contributed by atoms with Crippen molar-refractivity contribution < 1.29 is 0 Å². The van der Waals surface area contributed by atoms with E-state index in [9.17, 15) is 0 Å². The van der Waals surface area contributed by atoms with Crippen LogP contribution in [-0.4, -0.2) is 24.0 Å². The fraction of sp³-hybridized carbons (Fsp3) is 0.368. The maximum atomic E-state index is 6.29. The van der Waals surface area contributed by atoms with Gasteiger partial charge < -0.3 is 5.32 Å². The van der Waals surface area contributed by atoms with Crippen molar-refractivity contribution in [1.82, 2.24) is 10.2 Å². The van der Waals surface area contributed by atoms with Crippen molar-refractivity contribution in [1.29, 1.82) is 0 Å². The van der Waals surface area contributed by atoms with Gasteiger partial charge in [-0.25, -0.2) is 0 Å². The van der Waals surface area contributed by atoms with Gasteiger partial charge in [0.25, 0.3) is 0 Å². The Morgan fingerprint density at radius 1 is 1.00 bits per heavy atom. The van der Waals surface area contributed by atoms with Crippen LogP contribution < -0.4 is 5.32 Å². The molecule has 0 bridgehead atoms. The predicted octanol–water partition coefficient (Wildman–Crippen LogP) is 5.40. The van der Waals surface area contributed by atoms with Crippen LogP contribution in [0.4, 0.5) is 0 Å². The lowest BCUT2D eigenvalue weighted by Crippen LogP contribution is -2.45. The van der Waals surface area contributed by atoms with Crippen molar-refractivity contribution in [2.24, 2.45) is 0 Å². The highest BCUT2D eigenvalue weighted by molar-refractivity contribution is 6.44. The maximum absolute atomic E-state index is 6.29. The molecule has 0 spiro atoms. The highest BCUT2D eigenvalue weighted by Crippen LogP contribution is 2.31. The average molecular weight is 384 g/mol. The zero-order valence-electron chi connectivity index (χ0n) is 13.4. The van der Waals surface area contributed by atoms with Gasteiger partial charge in [-0.15, -0.1) is 0 Å². The summed E-state index contributed by atoms with van der Waals surface area (Å²) in [5.74, 6) is 0. The summed E-state index contributed by atoms with van der Waals surface area (Å²) in [6, 6.07) is 14.6. The van der Waals surface area contributed by atoms with Gasteiger partial charge in [-0.2, -0.15) is 0 Å². The third-order valence-electron chi connectivity index (χ3n) is 4.46. The lowest BCUT2D eigenvalue weighted by Gasteiger charge is -2.33. The first-order valence-electron chi connectivity index (χ1n) is 8.25. The van der Waals surface area contributed by atoms with Gasteiger partial charge in [0, 0.05) is 36.3 Å². The van der Waals surface area contributed by atoms with Gasteiger partial charge in [-0.1, -0.05) is 65.1 Å². The molecule has 1 atom stereocenters. The molecule has 128 valence electrons. The van der Waals surface area contributed by atoms with Gasteiger partial charge in [0.05, 0.1) is 10.0 Å². The summed E-state index contributed by atoms with van der Waals surface area (Å²) >= 11 is 18.6. The fourth-order valence-corrected chi connectivity index (χ4v) is 3.87. The Morgan fingerprint density at radius 2 is 1.75 bits per heavy atom. The van der Waals surface area contributed by atoms with Gasteiger partial charge in [-0.3, -0.25) is 4.90 Å². The van der Waals surface area contributed by atoms with Crippen molar-refractivity contribution in [3.8, 4) is 0 Å². The molecule has 1 N–H and O–H groups in total. The van der Waals surface area contributed by atoms with Gasteiger partial charge in [0.15, 0.2) is 0 Å². The Labute approximate surface area is 158 Å². The predicted molar refractivity (Wildman–Crippen MR) is 103 cm³/mol. The lowest BCUT2D eigenvalue weighted by molar-refractivity contribution is 0.182. The fourth-order valence-electron chi connectivity index (χ4n) is 3.18. The average Bonchev–Trinajstić information content (AvgIpc) is 2.60. The van der Waals surface area contributed by atoms with Crippen LogP contribution >= 0.6 is 34.8 Å². The molecule has 2 aromatic rings. The molecule has 0 radical (unpaired) electrons. The summed E-state index contributed by atoms with van der Waals surface area (Å²) in [6.07, 6.45) is 2.36. The van der Waals surface area contributed by atoms with Crippen LogP contribution in [0.15, 0.2) is 42.5 Å². The molecule has 1 unspecified atom stereocenters. The third kappa shape index (κ3) is 4.65. The first kappa shape index (κ1) is 18.0. The van der Waals surface area contributed by atoms with E-state index in [1.165, 1.54) is 18.4 Å². The molecule has 1 saturated heterocycles. The molecule has 2 aromatic carbocycles. The molecule has 24 heavy (non-hydrogen) atoms. The van der Waals surface area contributed by atoms with Crippen molar-refractivity contribution in [2.75, 3.05) is 13.1 Å². The number of halogens is 3. The number of hydrogen-bond acceptors (Lipinski definition) is 2. The second kappa shape index (κ2) is 8.55. The minimum Gasteiger partial charge on any atom is -0.309 e. The van der Waals surface area contributed by atoms with Crippen molar-refractivity contribution >= 4 is 34.8 Å². The normalized spacial score (nSPS) is 18.7. The highest BCUT2D eigenvalue weighted by Gasteiger charge is 2.20. The summed E-state index contributed by atoms with van der Waals surface area (Å²) in [4.78, 5) is 2.50. The number of nitrogens with zero attached hydrogens (tertiary/aromatic N) is 1. The Hall–Kier alpha value is -0.770. The molecule has 1 aliphatic heterocycles. The summed E-state index contributed by atoms with van der Waals surface area (Å²) in [5, 5.41) is 5.35. The topological polar surface area (TPSA) is 15.3 Å². The molecular formula is C19H21Cl3N2. The van der Waals surface area contributed by atoms with Crippen molar-refractivity contribution in [2.45, 2.75) is 32.0 Å². The Morgan fingerprint density at radius 3 is 2.54 bits per heavy atom. The summed E-state index contributed by atoms with van der Waals surface area (Å²) in [5.41, 5.74) is 2.24. The van der Waals surface area contributed by atoms with E-state index in [0.717, 1.165) is 25.2 Å². The third-order valence-corrected chi connectivity index (χ3v) is 5.66. The van der Waals surface area contributed by atoms with Crippen LogP contribution in [0.5, 0.6) is 0 Å². The van der Waals surface area contributed by atoms with Crippen molar-refractivity contribution in [3.63, 3.8) is 0 Å². The quantitative estimate of drug-likeness (QED) is 0.695. The number of likely N-dealkylation sites (tertiary alicyclic amines) is 1. The SMILES string of the molecule is Clc1ccc(Cl)c(CNC2CCCN(Cc3ccccc3)C2)c1Cl. The summed E-state index contributed by atoms with van der Waals surface area (Å²) in [6.45, 7) is 3.82. The lowest BCUT2D eigenvalue weighted by atomic mass is 10.0. The molecule has 1 fully saturated rings. The standard InChI is InChI=1S/C19H21Cl3N2/c20-17-8-9-18(21)19(22)16(17)11-23-15-7-4-10-24(13-15)12-14-5-2-1-3-6-14/h1-3,5-6,8-9,15,23H,4,7,10-13H2. The van der Waals surface area contributed by atoms with E-state index in [1.54, 1.807) is 12.1 Å². The first-order chi connectivity index (χ1) is 11.6. The van der Waals surface area contributed by atoms with E-state index >= 15 is 0 Å². The number of nitrogens with one attached hydrogen (secondary N) is 1. The molecule has 0 amide bonds. The summed E-state index contributed by atoms with van der Waals surface area (Å²) in [7, 11) is 0. The number of benzene rings is 2. The number of piperidine rings is 1. The van der Waals surface area contributed by atoms with Gasteiger partial charge in [0.2, 0.25) is 0 Å². The number of rotatable bonds is 5. The highest BCUT2D eigenvalue weighted by atomic mass is 35.5. The van der Waals surface area contributed by atoms with E-state index in [2.05, 4.69) is 40.5 Å². The first-order valence-corrected chi connectivity index (χ1v) is 9.39. The molecular weight excluding hydrogens is 363 g/mol. The van der Waals surface area contributed by atoms with Gasteiger partial charge >= 0.3 is 0 Å². The smallest absolute Gasteiger partial charge is 0.0652 e. The number of hydrogen-bond donors (Lipinski definition) is 1. The van der Waals surface area contributed by atoms with E-state index in [4.69, 9.17) is 34.8 Å². The summed E-state index contributed by atoms with van der Waals surface area (Å²) < 4.78 is 0. The Kier molecular flexibility index (Phi) is 6.43. The molecule has 1 heterocycles. The van der Waals surface area contributed by atoms with E-state index in [-0.39, 0.29) is 0 Å². The van der Waals surface area contributed by atoms with Gasteiger partial charge in [0.1, 0.15) is 0 Å². The van der Waals surface area contributed by atoms with E-state index in [1.807, 2.05) is 0 Å². The second-order valence-electron chi connectivity index (χ2n) is 6.26. The van der Waals surface area contributed by atoms with Crippen LogP contribution in [0.1, 0.15) is 24.0 Å². The molecule has 3 rings (SSSR count). The molecule has 0 saturated carbocycles. The molecule has 5 heteroatoms. The second-order valence-corrected chi connectivity index (χ2v) is 7.45. The molecule has 0 aliphatic carbocycles. The van der Waals surface area contributed by atoms with Gasteiger partial charge in [-0.05, 0) is 37.1 Å². The van der Waals surface area contributed by atoms with Crippen LogP contribution in [-0.2, 0) is 13.1 Å². The minimum absolute atomic E-state index is 0.438. The Balaban J connectivity index is 1.57. The maximum Gasteiger partial charge on any atom is 0.0652 e. The molecule has 0 aromatic heterocycles. The van der Waals surface area contributed by atoms with Crippen LogP contribution in [0, 0.1) is 0 Å². The largest absolute Gasteiger partial charge is 0.309 e. The molecule has 1 aliphatic rings. The van der Waals surface area contributed by atoms with Crippen LogP contribution in [0.2, 0.25) is 15.1 Å². The monoisotopic (exact) mass is 382 g/mol. The van der Waals surface area contributed by atoms with Crippen LogP contribution in [0.3, 0.4) is 0 Å². The minimum atomic E-state index is 0.438.